The lowest BCUT2D eigenvalue weighted by Gasteiger charge is -2.06. The molecule has 0 unspecified atom stereocenters. The molecule has 0 saturated carbocycles. The fraction of sp³-hybridized carbons (Fsp3) is 0.0588. The van der Waals surface area contributed by atoms with Gasteiger partial charge in [-0.1, -0.05) is 6.07 Å². The van der Waals surface area contributed by atoms with Gasteiger partial charge in [-0.2, -0.15) is 5.26 Å². The molecular weight excluding hydrogens is 267 g/mol. The summed E-state index contributed by atoms with van der Waals surface area (Å²) in [5.74, 6) is -0.505. The summed E-state index contributed by atoms with van der Waals surface area (Å²) < 4.78 is 15.3. The zero-order valence-electron chi connectivity index (χ0n) is 11.1. The van der Waals surface area contributed by atoms with E-state index in [-0.39, 0.29) is 5.56 Å². The van der Waals surface area contributed by atoms with Crippen LogP contribution in [0.5, 0.6) is 0 Å². The molecule has 0 fully saturated rings. The number of hydrogen-bond donors (Lipinski definition) is 0. The first-order valence-corrected chi connectivity index (χ1v) is 6.44. The Morgan fingerprint density at radius 3 is 2.81 bits per heavy atom. The average molecular weight is 278 g/mol. The molecule has 0 aliphatic heterocycles. The third-order valence-corrected chi connectivity index (χ3v) is 3.44. The van der Waals surface area contributed by atoms with Gasteiger partial charge in [0.15, 0.2) is 0 Å². The molecule has 21 heavy (non-hydrogen) atoms. The Hall–Kier alpha value is -2.93. The van der Waals surface area contributed by atoms with E-state index in [0.29, 0.717) is 12.1 Å². The largest absolute Gasteiger partial charge is 0.343 e. The van der Waals surface area contributed by atoms with Crippen molar-refractivity contribution in [2.45, 2.75) is 6.54 Å². The fourth-order valence-electron chi connectivity index (χ4n) is 2.38. The molecule has 0 atom stereocenters. The van der Waals surface area contributed by atoms with Gasteiger partial charge in [-0.15, -0.1) is 0 Å². The monoisotopic (exact) mass is 278 g/mol. The Morgan fingerprint density at radius 2 is 2.05 bits per heavy atom. The zero-order valence-corrected chi connectivity index (χ0v) is 11.1. The molecule has 0 spiro atoms. The van der Waals surface area contributed by atoms with Gasteiger partial charge >= 0.3 is 0 Å². The third-order valence-electron chi connectivity index (χ3n) is 3.44. The van der Waals surface area contributed by atoms with E-state index in [1.54, 1.807) is 18.2 Å². The Morgan fingerprint density at radius 1 is 1.19 bits per heavy atom. The first-order valence-electron chi connectivity index (χ1n) is 6.44. The van der Waals surface area contributed by atoms with Gasteiger partial charge in [0.2, 0.25) is 0 Å². The summed E-state index contributed by atoms with van der Waals surface area (Å²) in [7, 11) is 0. The van der Waals surface area contributed by atoms with Crippen LogP contribution >= 0.6 is 0 Å². The van der Waals surface area contributed by atoms with Crippen LogP contribution in [0.1, 0.15) is 21.5 Å². The maximum Gasteiger partial charge on any atom is 0.150 e. The van der Waals surface area contributed by atoms with Crippen LogP contribution in [0.4, 0.5) is 4.39 Å². The summed E-state index contributed by atoms with van der Waals surface area (Å²) in [5, 5.41) is 9.84. The normalized spacial score (nSPS) is 10.5. The molecule has 3 nitrogen and oxygen atoms in total. The zero-order chi connectivity index (χ0) is 14.8. The van der Waals surface area contributed by atoms with Gasteiger partial charge in [-0.3, -0.25) is 4.79 Å². The molecule has 0 saturated heterocycles. The minimum atomic E-state index is -0.505. The van der Waals surface area contributed by atoms with Crippen molar-refractivity contribution in [1.82, 2.24) is 4.57 Å². The molecule has 1 heterocycles. The number of benzene rings is 2. The van der Waals surface area contributed by atoms with Crippen LogP contribution in [-0.2, 0) is 6.54 Å². The van der Waals surface area contributed by atoms with Gasteiger partial charge in [0, 0.05) is 29.2 Å². The number of carbonyl (C=O) groups excluding carboxylic acids is 1. The van der Waals surface area contributed by atoms with Crippen molar-refractivity contribution in [3.8, 4) is 6.07 Å². The van der Waals surface area contributed by atoms with Crippen LogP contribution in [0.25, 0.3) is 10.9 Å². The highest BCUT2D eigenvalue weighted by Crippen LogP contribution is 2.19. The summed E-state index contributed by atoms with van der Waals surface area (Å²) >= 11 is 0. The number of hydrogen-bond acceptors (Lipinski definition) is 2. The predicted molar refractivity (Wildman–Crippen MR) is 77.5 cm³/mol. The van der Waals surface area contributed by atoms with E-state index >= 15 is 0 Å². The highest BCUT2D eigenvalue weighted by molar-refractivity contribution is 5.87. The highest BCUT2D eigenvalue weighted by Gasteiger charge is 2.06. The molecule has 4 heteroatoms. The van der Waals surface area contributed by atoms with Gasteiger partial charge in [-0.05, 0) is 42.0 Å². The molecule has 0 bridgehead atoms. The number of carbonyl (C=O) groups is 1. The van der Waals surface area contributed by atoms with Crippen LogP contribution in [0.3, 0.4) is 0 Å². The summed E-state index contributed by atoms with van der Waals surface area (Å²) in [6.07, 6.45) is 2.73. The number of nitriles is 1. The van der Waals surface area contributed by atoms with Crippen LogP contribution in [-0.4, -0.2) is 10.9 Å². The number of nitrogens with zero attached hydrogens (tertiary/aromatic N) is 2. The van der Waals surface area contributed by atoms with Crippen molar-refractivity contribution in [1.29, 1.82) is 5.26 Å². The Kier molecular flexibility index (Phi) is 3.25. The quantitative estimate of drug-likeness (QED) is 0.688. The molecule has 0 amide bonds. The summed E-state index contributed by atoms with van der Waals surface area (Å²) in [4.78, 5) is 10.8. The van der Waals surface area contributed by atoms with Gasteiger partial charge < -0.3 is 4.57 Å². The van der Waals surface area contributed by atoms with E-state index in [1.807, 2.05) is 35.0 Å². The smallest absolute Gasteiger partial charge is 0.150 e. The molecule has 0 N–H and O–H groups in total. The summed E-state index contributed by atoms with van der Waals surface area (Å²) in [6.45, 7) is 0.541. The number of aromatic nitrogens is 1. The maximum atomic E-state index is 13.3. The van der Waals surface area contributed by atoms with Crippen molar-refractivity contribution >= 4 is 17.2 Å². The average Bonchev–Trinajstić information content (AvgIpc) is 2.91. The fourth-order valence-corrected chi connectivity index (χ4v) is 2.38. The molecule has 102 valence electrons. The minimum absolute atomic E-state index is 0.0483. The van der Waals surface area contributed by atoms with Crippen LogP contribution in [0.2, 0.25) is 0 Å². The van der Waals surface area contributed by atoms with Gasteiger partial charge in [-0.25, -0.2) is 4.39 Å². The van der Waals surface area contributed by atoms with Crippen molar-refractivity contribution in [3.05, 3.63) is 71.2 Å². The van der Waals surface area contributed by atoms with Gasteiger partial charge in [0.05, 0.1) is 5.56 Å². The Bertz CT molecular complexity index is 874. The van der Waals surface area contributed by atoms with Crippen molar-refractivity contribution in [2.75, 3.05) is 0 Å². The van der Waals surface area contributed by atoms with Crippen LogP contribution in [0.15, 0.2) is 48.7 Å². The van der Waals surface area contributed by atoms with E-state index in [2.05, 4.69) is 0 Å². The molecule has 3 rings (SSSR count). The van der Waals surface area contributed by atoms with E-state index in [9.17, 15) is 9.18 Å². The lowest BCUT2D eigenvalue weighted by Crippen LogP contribution is -1.99. The summed E-state index contributed by atoms with van der Waals surface area (Å²) in [6, 6.07) is 13.8. The van der Waals surface area contributed by atoms with Gasteiger partial charge in [0.1, 0.15) is 18.2 Å². The number of aldehydes is 1. The number of halogens is 1. The summed E-state index contributed by atoms with van der Waals surface area (Å²) in [5.41, 5.74) is 2.52. The second-order valence-corrected chi connectivity index (χ2v) is 4.81. The lowest BCUT2D eigenvalue weighted by atomic mass is 10.1. The second-order valence-electron chi connectivity index (χ2n) is 4.81. The molecule has 1 aromatic heterocycles. The van der Waals surface area contributed by atoms with E-state index < -0.39 is 5.82 Å². The lowest BCUT2D eigenvalue weighted by molar-refractivity contribution is 0.112. The first-order chi connectivity index (χ1) is 10.2. The SMILES string of the molecule is N#Cc1cc(Cn2ccc3cc(C=O)ccc32)ccc1F. The minimum Gasteiger partial charge on any atom is -0.343 e. The second kappa shape index (κ2) is 5.22. The van der Waals surface area contributed by atoms with E-state index in [0.717, 1.165) is 22.8 Å². The molecule has 3 aromatic rings. The predicted octanol–water partition coefficient (Wildman–Crippen LogP) is 3.51. The van der Waals surface area contributed by atoms with Crippen LogP contribution < -0.4 is 0 Å². The standard InChI is InChI=1S/C17H11FN2O/c18-16-3-1-12(7-15(16)9-19)10-20-6-5-14-8-13(11-21)2-4-17(14)20/h1-8,11H,10H2. The Labute approximate surface area is 120 Å². The molecule has 0 radical (unpaired) electrons. The van der Waals surface area contributed by atoms with Crippen molar-refractivity contribution < 1.29 is 9.18 Å². The molecule has 0 aliphatic carbocycles. The topological polar surface area (TPSA) is 45.8 Å². The van der Waals surface area contributed by atoms with Crippen LogP contribution in [0, 0.1) is 17.1 Å². The number of fused-ring (bicyclic) bond motifs is 1. The first kappa shape index (κ1) is 13.1. The molecule has 2 aromatic carbocycles. The Balaban J connectivity index is 1.99. The molecular formula is C17H11FN2O. The van der Waals surface area contributed by atoms with E-state index in [4.69, 9.17) is 5.26 Å². The molecule has 0 aliphatic rings. The third kappa shape index (κ3) is 2.41. The number of rotatable bonds is 3. The highest BCUT2D eigenvalue weighted by atomic mass is 19.1. The van der Waals surface area contributed by atoms with E-state index in [1.165, 1.54) is 6.07 Å². The van der Waals surface area contributed by atoms with Crippen molar-refractivity contribution in [3.63, 3.8) is 0 Å². The van der Waals surface area contributed by atoms with Crippen molar-refractivity contribution in [2.24, 2.45) is 0 Å². The maximum absolute atomic E-state index is 13.3. The van der Waals surface area contributed by atoms with Gasteiger partial charge in [0.25, 0.3) is 0 Å².